The minimum Gasteiger partial charge on any atom is -0.493 e. The van der Waals surface area contributed by atoms with E-state index in [-0.39, 0.29) is 6.04 Å². The van der Waals surface area contributed by atoms with Crippen LogP contribution in [0.25, 0.3) is 0 Å². The van der Waals surface area contributed by atoms with Gasteiger partial charge in [0.05, 0.1) is 33.6 Å². The number of rotatable bonds is 9. The third-order valence-corrected chi connectivity index (χ3v) is 5.32. The molecule has 0 bridgehead atoms. The van der Waals surface area contributed by atoms with Crippen molar-refractivity contribution >= 4 is 5.96 Å². The third kappa shape index (κ3) is 5.18. The molecule has 164 valence electrons. The Labute approximate surface area is 178 Å². The second-order valence-electron chi connectivity index (χ2n) is 7.11. The average molecular weight is 417 g/mol. The van der Waals surface area contributed by atoms with E-state index in [0.717, 1.165) is 30.4 Å². The first-order valence-electron chi connectivity index (χ1n) is 10.2. The molecule has 1 saturated heterocycles. The van der Waals surface area contributed by atoms with Crippen LogP contribution in [0.1, 0.15) is 30.2 Å². The van der Waals surface area contributed by atoms with Gasteiger partial charge in [0.1, 0.15) is 5.76 Å². The molecule has 30 heavy (non-hydrogen) atoms. The molecule has 1 aromatic heterocycles. The molecular formula is C22H32N4O4. The number of ether oxygens (including phenoxy) is 3. The van der Waals surface area contributed by atoms with Gasteiger partial charge >= 0.3 is 0 Å². The van der Waals surface area contributed by atoms with Crippen molar-refractivity contribution in [2.75, 3.05) is 48.0 Å². The van der Waals surface area contributed by atoms with Crippen LogP contribution in [0.15, 0.2) is 39.9 Å². The summed E-state index contributed by atoms with van der Waals surface area (Å²) in [7, 11) is 6.59. The lowest BCUT2D eigenvalue weighted by Crippen LogP contribution is -2.42. The summed E-state index contributed by atoms with van der Waals surface area (Å²) in [5.41, 5.74) is 0.995. The molecule has 1 unspecified atom stereocenters. The van der Waals surface area contributed by atoms with Crippen molar-refractivity contribution in [3.63, 3.8) is 0 Å². The van der Waals surface area contributed by atoms with Gasteiger partial charge in [-0.05, 0) is 55.8 Å². The van der Waals surface area contributed by atoms with Gasteiger partial charge in [-0.25, -0.2) is 0 Å². The van der Waals surface area contributed by atoms with Crippen LogP contribution in [0.2, 0.25) is 0 Å². The van der Waals surface area contributed by atoms with E-state index in [4.69, 9.17) is 18.6 Å². The van der Waals surface area contributed by atoms with Crippen molar-refractivity contribution in [1.82, 2.24) is 15.5 Å². The van der Waals surface area contributed by atoms with Crippen LogP contribution in [0.5, 0.6) is 17.2 Å². The van der Waals surface area contributed by atoms with Crippen LogP contribution < -0.4 is 24.8 Å². The summed E-state index contributed by atoms with van der Waals surface area (Å²) in [6, 6.07) is 8.02. The summed E-state index contributed by atoms with van der Waals surface area (Å²) in [6.45, 7) is 3.45. The second-order valence-corrected chi connectivity index (χ2v) is 7.11. The molecule has 0 radical (unpaired) electrons. The molecule has 1 aliphatic rings. The minimum absolute atomic E-state index is 0.183. The van der Waals surface area contributed by atoms with Crippen molar-refractivity contribution in [2.45, 2.75) is 25.4 Å². The molecule has 1 atom stereocenters. The van der Waals surface area contributed by atoms with E-state index in [1.54, 1.807) is 34.6 Å². The Morgan fingerprint density at radius 1 is 1.10 bits per heavy atom. The van der Waals surface area contributed by atoms with Gasteiger partial charge in [-0.2, -0.15) is 0 Å². The topological polar surface area (TPSA) is 80.5 Å². The fourth-order valence-corrected chi connectivity index (χ4v) is 3.78. The molecule has 0 saturated carbocycles. The van der Waals surface area contributed by atoms with Gasteiger partial charge < -0.3 is 29.3 Å². The van der Waals surface area contributed by atoms with Crippen LogP contribution in [0.3, 0.4) is 0 Å². The molecule has 2 aromatic rings. The highest BCUT2D eigenvalue weighted by atomic mass is 16.5. The van der Waals surface area contributed by atoms with Gasteiger partial charge in [-0.3, -0.25) is 9.89 Å². The molecule has 3 rings (SSSR count). The van der Waals surface area contributed by atoms with Crippen LogP contribution in [0.4, 0.5) is 0 Å². The minimum atomic E-state index is 0.183. The van der Waals surface area contributed by atoms with Gasteiger partial charge in [-0.15, -0.1) is 0 Å². The molecule has 1 aromatic carbocycles. The Morgan fingerprint density at radius 2 is 1.80 bits per heavy atom. The number of hydrogen-bond donors (Lipinski definition) is 2. The highest BCUT2D eigenvalue weighted by molar-refractivity contribution is 5.79. The molecule has 0 amide bonds. The monoisotopic (exact) mass is 416 g/mol. The fraction of sp³-hybridized carbons (Fsp3) is 0.500. The van der Waals surface area contributed by atoms with E-state index in [2.05, 4.69) is 20.5 Å². The van der Waals surface area contributed by atoms with E-state index in [1.165, 1.54) is 12.8 Å². The van der Waals surface area contributed by atoms with Crippen molar-refractivity contribution in [2.24, 2.45) is 4.99 Å². The zero-order valence-electron chi connectivity index (χ0n) is 18.2. The Morgan fingerprint density at radius 3 is 2.33 bits per heavy atom. The van der Waals surface area contributed by atoms with Crippen LogP contribution in [-0.4, -0.2) is 58.9 Å². The molecule has 8 heteroatoms. The van der Waals surface area contributed by atoms with E-state index in [0.29, 0.717) is 30.3 Å². The third-order valence-electron chi connectivity index (χ3n) is 5.32. The number of nitrogens with zero attached hydrogens (tertiary/aromatic N) is 2. The first-order chi connectivity index (χ1) is 14.7. The maximum atomic E-state index is 5.69. The smallest absolute Gasteiger partial charge is 0.203 e. The highest BCUT2D eigenvalue weighted by Crippen LogP contribution is 2.38. The van der Waals surface area contributed by atoms with Crippen molar-refractivity contribution in [3.8, 4) is 17.2 Å². The largest absolute Gasteiger partial charge is 0.493 e. The normalized spacial score (nSPS) is 15.7. The number of benzene rings is 1. The van der Waals surface area contributed by atoms with Crippen molar-refractivity contribution in [3.05, 3.63) is 41.9 Å². The fourth-order valence-electron chi connectivity index (χ4n) is 3.78. The van der Waals surface area contributed by atoms with E-state index in [1.807, 2.05) is 24.3 Å². The summed E-state index contributed by atoms with van der Waals surface area (Å²) in [5.74, 6) is 3.54. The van der Waals surface area contributed by atoms with E-state index >= 15 is 0 Å². The van der Waals surface area contributed by atoms with Crippen molar-refractivity contribution in [1.29, 1.82) is 0 Å². The molecule has 1 aliphatic heterocycles. The molecule has 2 heterocycles. The molecule has 1 fully saturated rings. The van der Waals surface area contributed by atoms with E-state index < -0.39 is 0 Å². The van der Waals surface area contributed by atoms with Gasteiger partial charge in [0, 0.05) is 20.1 Å². The Balaban J connectivity index is 1.63. The number of guanidine groups is 1. The SMILES string of the molecule is CN=C(NCc1cc(OC)c(OC)c(OC)c1)NCC(c1ccco1)N1CCCC1. The lowest BCUT2D eigenvalue weighted by atomic mass is 10.1. The molecular weight excluding hydrogens is 384 g/mol. The maximum Gasteiger partial charge on any atom is 0.203 e. The van der Waals surface area contributed by atoms with Crippen LogP contribution in [0, 0.1) is 0 Å². The lowest BCUT2D eigenvalue weighted by Gasteiger charge is -2.26. The zero-order chi connectivity index (χ0) is 21.3. The zero-order valence-corrected chi connectivity index (χ0v) is 18.2. The van der Waals surface area contributed by atoms with Crippen LogP contribution in [-0.2, 0) is 6.54 Å². The number of aliphatic imine (C=N–C) groups is 1. The number of methoxy groups -OCH3 is 3. The van der Waals surface area contributed by atoms with E-state index in [9.17, 15) is 0 Å². The standard InChI is InChI=1S/C22H32N4O4/c1-23-22(24-14-16-12-19(27-2)21(29-4)20(13-16)28-3)25-15-17(18-8-7-11-30-18)26-9-5-6-10-26/h7-8,11-13,17H,5-6,9-10,14-15H2,1-4H3,(H2,23,24,25). The Hall–Kier alpha value is -2.87. The lowest BCUT2D eigenvalue weighted by molar-refractivity contribution is 0.215. The predicted molar refractivity (Wildman–Crippen MR) is 117 cm³/mol. The summed E-state index contributed by atoms with van der Waals surface area (Å²) >= 11 is 0. The number of furan rings is 1. The molecule has 0 spiro atoms. The summed E-state index contributed by atoms with van der Waals surface area (Å²) in [6.07, 6.45) is 4.19. The quantitative estimate of drug-likeness (QED) is 0.481. The number of hydrogen-bond acceptors (Lipinski definition) is 6. The average Bonchev–Trinajstić information content (AvgIpc) is 3.50. The van der Waals surface area contributed by atoms with Gasteiger partial charge in [0.25, 0.3) is 0 Å². The van der Waals surface area contributed by atoms with Gasteiger partial charge in [-0.1, -0.05) is 0 Å². The van der Waals surface area contributed by atoms with Gasteiger partial charge in [0.15, 0.2) is 17.5 Å². The summed E-state index contributed by atoms with van der Waals surface area (Å²) < 4.78 is 22.0. The number of nitrogens with one attached hydrogen (secondary N) is 2. The van der Waals surface area contributed by atoms with Crippen LogP contribution >= 0.6 is 0 Å². The first kappa shape index (κ1) is 21.8. The Kier molecular flexibility index (Phi) is 7.84. The summed E-state index contributed by atoms with van der Waals surface area (Å²) in [5, 5.41) is 6.79. The Bertz CT molecular complexity index is 792. The second kappa shape index (κ2) is 10.8. The maximum absolute atomic E-state index is 5.69. The predicted octanol–water partition coefficient (Wildman–Crippen LogP) is 2.81. The highest BCUT2D eigenvalue weighted by Gasteiger charge is 2.25. The van der Waals surface area contributed by atoms with Gasteiger partial charge in [0.2, 0.25) is 5.75 Å². The summed E-state index contributed by atoms with van der Waals surface area (Å²) in [4.78, 5) is 6.82. The molecule has 8 nitrogen and oxygen atoms in total. The molecule has 2 N–H and O–H groups in total. The molecule has 0 aliphatic carbocycles. The number of likely N-dealkylation sites (tertiary alicyclic amines) is 1. The first-order valence-corrected chi connectivity index (χ1v) is 10.2. The van der Waals surface area contributed by atoms with Crippen molar-refractivity contribution < 1.29 is 18.6 Å².